The van der Waals surface area contributed by atoms with Gasteiger partial charge in [0.25, 0.3) is 0 Å². The maximum absolute atomic E-state index is 13.1. The zero-order valence-electron chi connectivity index (χ0n) is 16.5. The molecule has 0 amide bonds. The van der Waals surface area contributed by atoms with Crippen molar-refractivity contribution in [2.75, 3.05) is 26.2 Å². The quantitative estimate of drug-likeness (QED) is 0.622. The van der Waals surface area contributed by atoms with Gasteiger partial charge in [-0.3, -0.25) is 4.90 Å². The molecule has 0 bridgehead atoms. The van der Waals surface area contributed by atoms with Gasteiger partial charge in [-0.15, -0.1) is 0 Å². The van der Waals surface area contributed by atoms with Gasteiger partial charge in [0.2, 0.25) is 10.0 Å². The predicted molar refractivity (Wildman–Crippen MR) is 102 cm³/mol. The van der Waals surface area contributed by atoms with Crippen LogP contribution in [0.4, 0.5) is 26.3 Å². The Bertz CT molecular complexity index is 993. The lowest BCUT2D eigenvalue weighted by molar-refractivity contribution is -0.143. The van der Waals surface area contributed by atoms with Gasteiger partial charge in [-0.1, -0.05) is 29.8 Å². The van der Waals surface area contributed by atoms with E-state index < -0.39 is 38.4 Å². The van der Waals surface area contributed by atoms with Gasteiger partial charge in [0.1, 0.15) is 0 Å². The summed E-state index contributed by atoms with van der Waals surface area (Å²) >= 11 is 0. The van der Waals surface area contributed by atoms with Crippen LogP contribution in [0.2, 0.25) is 0 Å². The Kier molecular flexibility index (Phi) is 6.41. The molecule has 11 heteroatoms. The van der Waals surface area contributed by atoms with Crippen molar-refractivity contribution in [3.8, 4) is 0 Å². The van der Waals surface area contributed by atoms with E-state index in [9.17, 15) is 34.8 Å². The molecule has 0 unspecified atom stereocenters. The minimum absolute atomic E-state index is 0.0359. The van der Waals surface area contributed by atoms with E-state index in [2.05, 4.69) is 0 Å². The Morgan fingerprint density at radius 1 is 0.806 bits per heavy atom. The van der Waals surface area contributed by atoms with Crippen LogP contribution in [0.15, 0.2) is 47.4 Å². The molecule has 0 radical (unpaired) electrons. The van der Waals surface area contributed by atoms with Crippen molar-refractivity contribution >= 4 is 10.0 Å². The zero-order chi connectivity index (χ0) is 23.0. The maximum Gasteiger partial charge on any atom is 0.416 e. The molecule has 1 fully saturated rings. The fourth-order valence-corrected chi connectivity index (χ4v) is 4.80. The van der Waals surface area contributed by atoms with Crippen molar-refractivity contribution in [2.45, 2.75) is 30.7 Å². The SMILES string of the molecule is Cc1ccc(CN2CCN(S(=O)(=O)c3cc(C(F)(F)F)cc(C(F)(F)F)c3)CC2)cc1. The Morgan fingerprint density at radius 2 is 1.29 bits per heavy atom. The molecular weight excluding hydrogens is 446 g/mol. The minimum Gasteiger partial charge on any atom is -0.296 e. The van der Waals surface area contributed by atoms with Crippen LogP contribution in [0.25, 0.3) is 0 Å². The third kappa shape index (κ3) is 5.58. The summed E-state index contributed by atoms with van der Waals surface area (Å²) in [6.45, 7) is 3.05. The fourth-order valence-electron chi connectivity index (χ4n) is 3.30. The average Bonchev–Trinajstić information content (AvgIpc) is 2.68. The van der Waals surface area contributed by atoms with E-state index >= 15 is 0 Å². The smallest absolute Gasteiger partial charge is 0.296 e. The van der Waals surface area contributed by atoms with E-state index in [0.29, 0.717) is 19.6 Å². The fraction of sp³-hybridized carbons (Fsp3) is 0.400. The van der Waals surface area contributed by atoms with Crippen molar-refractivity contribution in [3.63, 3.8) is 0 Å². The Morgan fingerprint density at radius 3 is 1.74 bits per heavy atom. The number of rotatable bonds is 4. The predicted octanol–water partition coefficient (Wildman–Crippen LogP) is 4.54. The Hall–Kier alpha value is -2.11. The highest BCUT2D eigenvalue weighted by Crippen LogP contribution is 2.37. The van der Waals surface area contributed by atoms with E-state index in [4.69, 9.17) is 0 Å². The molecule has 0 spiro atoms. The largest absolute Gasteiger partial charge is 0.416 e. The second kappa shape index (κ2) is 8.44. The van der Waals surface area contributed by atoms with Gasteiger partial charge < -0.3 is 0 Å². The van der Waals surface area contributed by atoms with E-state index in [1.165, 1.54) is 0 Å². The number of hydrogen-bond donors (Lipinski definition) is 0. The topological polar surface area (TPSA) is 40.6 Å². The number of aryl methyl sites for hydroxylation is 1. The van der Waals surface area contributed by atoms with Gasteiger partial charge in [0, 0.05) is 32.7 Å². The van der Waals surface area contributed by atoms with Crippen molar-refractivity contribution in [2.24, 2.45) is 0 Å². The second-order valence-corrected chi connectivity index (χ2v) is 9.35. The van der Waals surface area contributed by atoms with E-state index in [1.54, 1.807) is 0 Å². The molecule has 1 aliphatic heterocycles. The van der Waals surface area contributed by atoms with Crippen LogP contribution in [0.1, 0.15) is 22.3 Å². The number of nitrogens with zero attached hydrogens (tertiary/aromatic N) is 2. The zero-order valence-corrected chi connectivity index (χ0v) is 17.3. The summed E-state index contributed by atoms with van der Waals surface area (Å²) in [5.74, 6) is 0. The first-order valence-corrected chi connectivity index (χ1v) is 10.8. The summed E-state index contributed by atoms with van der Waals surface area (Å²) in [6, 6.07) is 8.20. The summed E-state index contributed by atoms with van der Waals surface area (Å²) < 4.78 is 105. The molecule has 1 aliphatic rings. The van der Waals surface area contributed by atoms with E-state index in [-0.39, 0.29) is 31.3 Å². The summed E-state index contributed by atoms with van der Waals surface area (Å²) in [4.78, 5) is 0.964. The Balaban J connectivity index is 1.80. The monoisotopic (exact) mass is 466 g/mol. The molecule has 170 valence electrons. The van der Waals surface area contributed by atoms with Gasteiger partial charge in [-0.25, -0.2) is 8.42 Å². The second-order valence-electron chi connectivity index (χ2n) is 7.41. The highest BCUT2D eigenvalue weighted by atomic mass is 32.2. The van der Waals surface area contributed by atoms with Crippen LogP contribution in [-0.2, 0) is 28.9 Å². The van der Waals surface area contributed by atoms with Gasteiger partial charge in [-0.2, -0.15) is 30.6 Å². The standard InChI is InChI=1S/C20H20F6N2O2S/c1-14-2-4-15(5-3-14)13-27-6-8-28(9-7-27)31(29,30)18-11-16(19(21,22)23)10-17(12-18)20(24,25)26/h2-5,10-12H,6-9,13H2,1H3. The van der Waals surface area contributed by atoms with Crippen molar-refractivity contribution in [1.82, 2.24) is 9.21 Å². The summed E-state index contributed by atoms with van der Waals surface area (Å²) in [5, 5.41) is 0. The lowest BCUT2D eigenvalue weighted by Gasteiger charge is -2.34. The van der Waals surface area contributed by atoms with Crippen LogP contribution >= 0.6 is 0 Å². The first-order valence-electron chi connectivity index (χ1n) is 9.34. The average molecular weight is 466 g/mol. The molecule has 0 aromatic heterocycles. The number of piperazine rings is 1. The van der Waals surface area contributed by atoms with Crippen molar-refractivity contribution in [3.05, 3.63) is 64.7 Å². The van der Waals surface area contributed by atoms with Crippen LogP contribution in [0, 0.1) is 6.92 Å². The molecule has 0 saturated carbocycles. The first kappa shape index (κ1) is 23.6. The van der Waals surface area contributed by atoms with Gasteiger partial charge >= 0.3 is 12.4 Å². The van der Waals surface area contributed by atoms with E-state index in [1.807, 2.05) is 36.1 Å². The molecule has 31 heavy (non-hydrogen) atoms. The molecule has 3 rings (SSSR count). The van der Waals surface area contributed by atoms with Crippen LogP contribution in [0.3, 0.4) is 0 Å². The first-order chi connectivity index (χ1) is 14.3. The molecule has 2 aromatic carbocycles. The number of hydrogen-bond acceptors (Lipinski definition) is 3. The molecule has 0 N–H and O–H groups in total. The normalized spacial score (nSPS) is 17.1. The lowest BCUT2D eigenvalue weighted by Crippen LogP contribution is -2.48. The molecule has 2 aromatic rings. The van der Waals surface area contributed by atoms with Crippen molar-refractivity contribution in [1.29, 1.82) is 0 Å². The Labute approximate surface area is 176 Å². The summed E-state index contributed by atoms with van der Waals surface area (Å²) in [5.41, 5.74) is -1.19. The molecule has 0 aliphatic carbocycles. The van der Waals surface area contributed by atoms with Gasteiger partial charge in [-0.05, 0) is 30.7 Å². The highest BCUT2D eigenvalue weighted by molar-refractivity contribution is 7.89. The van der Waals surface area contributed by atoms with Crippen LogP contribution < -0.4 is 0 Å². The molecular formula is C20H20F6N2O2S. The maximum atomic E-state index is 13.1. The lowest BCUT2D eigenvalue weighted by atomic mass is 10.1. The van der Waals surface area contributed by atoms with Crippen LogP contribution in [-0.4, -0.2) is 43.8 Å². The van der Waals surface area contributed by atoms with Gasteiger partial charge in [0.15, 0.2) is 0 Å². The third-order valence-electron chi connectivity index (χ3n) is 5.06. The number of sulfonamides is 1. The molecule has 1 heterocycles. The third-order valence-corrected chi connectivity index (χ3v) is 6.93. The van der Waals surface area contributed by atoms with Crippen LogP contribution in [0.5, 0.6) is 0 Å². The highest BCUT2D eigenvalue weighted by Gasteiger charge is 2.39. The van der Waals surface area contributed by atoms with Gasteiger partial charge in [0.05, 0.1) is 16.0 Å². The molecule has 0 atom stereocenters. The number of benzene rings is 2. The summed E-state index contributed by atoms with van der Waals surface area (Å²) in [6.07, 6.45) is -10.2. The minimum atomic E-state index is -5.11. The molecule has 1 saturated heterocycles. The number of alkyl halides is 6. The summed E-state index contributed by atoms with van der Waals surface area (Å²) in [7, 11) is -4.52. The van der Waals surface area contributed by atoms with Crippen molar-refractivity contribution < 1.29 is 34.8 Å². The number of halogens is 6. The van der Waals surface area contributed by atoms with E-state index in [0.717, 1.165) is 15.4 Å². The molecule has 4 nitrogen and oxygen atoms in total.